The predicted molar refractivity (Wildman–Crippen MR) is 98.6 cm³/mol. The Labute approximate surface area is 158 Å². The maximum absolute atomic E-state index is 12.7. The van der Waals surface area contributed by atoms with Gasteiger partial charge in [-0.15, -0.1) is 0 Å². The molecule has 0 unspecified atom stereocenters. The largest absolute Gasteiger partial charge is 0.339 e. The number of carbonyl (C=O) groups is 2. The number of hydrogen-bond donors (Lipinski definition) is 1. The molecule has 1 aromatic carbocycles. The molecule has 8 nitrogen and oxygen atoms in total. The van der Waals surface area contributed by atoms with Crippen molar-refractivity contribution in [3.63, 3.8) is 0 Å². The molecule has 0 radical (unpaired) electrons. The van der Waals surface area contributed by atoms with Gasteiger partial charge in [-0.3, -0.25) is 19.3 Å². The Morgan fingerprint density at radius 3 is 2.41 bits per heavy atom. The number of benzene rings is 1. The van der Waals surface area contributed by atoms with Gasteiger partial charge in [0.25, 0.3) is 10.0 Å². The molecule has 1 saturated heterocycles. The van der Waals surface area contributed by atoms with Crippen molar-refractivity contribution in [3.8, 4) is 0 Å². The molecule has 4 rings (SSSR count). The van der Waals surface area contributed by atoms with Gasteiger partial charge in [0, 0.05) is 37.7 Å². The summed E-state index contributed by atoms with van der Waals surface area (Å²) in [4.78, 5) is 32.9. The Balaban J connectivity index is 1.43. The van der Waals surface area contributed by atoms with Gasteiger partial charge in [0.05, 0.1) is 4.90 Å². The van der Waals surface area contributed by atoms with Gasteiger partial charge in [0.15, 0.2) is 0 Å². The van der Waals surface area contributed by atoms with Crippen molar-refractivity contribution in [1.82, 2.24) is 14.5 Å². The SMILES string of the molecule is C[C@H](N=C1NS(=O)(=O)c2ccccc21)C(=O)N1CCN(C(=O)C2CC2)CC1. The summed E-state index contributed by atoms with van der Waals surface area (Å²) in [5.74, 6) is 0.430. The van der Waals surface area contributed by atoms with Gasteiger partial charge in [-0.2, -0.15) is 0 Å². The average molecular weight is 390 g/mol. The molecule has 1 N–H and O–H groups in total. The van der Waals surface area contributed by atoms with E-state index in [2.05, 4.69) is 9.71 Å². The van der Waals surface area contributed by atoms with Crippen LogP contribution in [0.5, 0.6) is 0 Å². The molecule has 1 aromatic rings. The number of nitrogens with zero attached hydrogens (tertiary/aromatic N) is 3. The molecule has 2 fully saturated rings. The second-order valence-corrected chi connectivity index (χ2v) is 8.83. The molecule has 2 heterocycles. The first-order valence-electron chi connectivity index (χ1n) is 9.14. The average Bonchev–Trinajstić information content (AvgIpc) is 3.48. The van der Waals surface area contributed by atoms with Gasteiger partial charge in [0.2, 0.25) is 11.8 Å². The summed E-state index contributed by atoms with van der Waals surface area (Å²) in [7, 11) is -3.62. The highest BCUT2D eigenvalue weighted by Gasteiger charge is 2.36. The molecule has 2 amide bonds. The van der Waals surface area contributed by atoms with Crippen LogP contribution in [0.25, 0.3) is 0 Å². The number of carbonyl (C=O) groups excluding carboxylic acids is 2. The van der Waals surface area contributed by atoms with Crippen LogP contribution in [0.15, 0.2) is 34.2 Å². The number of amides is 2. The minimum absolute atomic E-state index is 0.162. The van der Waals surface area contributed by atoms with Gasteiger partial charge in [-0.05, 0) is 31.9 Å². The van der Waals surface area contributed by atoms with E-state index in [9.17, 15) is 18.0 Å². The van der Waals surface area contributed by atoms with Crippen LogP contribution < -0.4 is 4.72 Å². The van der Waals surface area contributed by atoms with E-state index in [1.54, 1.807) is 30.0 Å². The summed E-state index contributed by atoms with van der Waals surface area (Å²) < 4.78 is 26.7. The van der Waals surface area contributed by atoms with E-state index in [1.165, 1.54) is 6.07 Å². The number of fused-ring (bicyclic) bond motifs is 1. The van der Waals surface area contributed by atoms with E-state index >= 15 is 0 Å². The zero-order valence-corrected chi connectivity index (χ0v) is 15.9. The Hall–Kier alpha value is -2.42. The minimum atomic E-state index is -3.62. The molecule has 0 bridgehead atoms. The summed E-state index contributed by atoms with van der Waals surface area (Å²) in [5.41, 5.74) is 0.483. The van der Waals surface area contributed by atoms with Crippen molar-refractivity contribution in [2.24, 2.45) is 10.9 Å². The molecule has 3 aliphatic rings. The van der Waals surface area contributed by atoms with Crippen molar-refractivity contribution in [2.75, 3.05) is 26.2 Å². The maximum Gasteiger partial charge on any atom is 0.263 e. The maximum atomic E-state index is 12.7. The fourth-order valence-electron chi connectivity index (χ4n) is 3.48. The summed E-state index contributed by atoms with van der Waals surface area (Å²) >= 11 is 0. The van der Waals surface area contributed by atoms with Crippen LogP contribution >= 0.6 is 0 Å². The van der Waals surface area contributed by atoms with E-state index in [-0.39, 0.29) is 28.5 Å². The predicted octanol–water partition coefficient (Wildman–Crippen LogP) is 0.194. The third-order valence-corrected chi connectivity index (χ3v) is 6.57. The first-order valence-corrected chi connectivity index (χ1v) is 10.6. The topological polar surface area (TPSA) is 99.1 Å². The first-order chi connectivity index (χ1) is 12.9. The molecule has 0 aromatic heterocycles. The second kappa shape index (κ2) is 6.63. The summed E-state index contributed by atoms with van der Waals surface area (Å²) in [6, 6.07) is 5.87. The molecular formula is C18H22N4O4S. The number of aliphatic imine (C=N–C) groups is 1. The number of sulfonamides is 1. The molecule has 2 aliphatic heterocycles. The molecular weight excluding hydrogens is 368 g/mol. The fourth-order valence-corrected chi connectivity index (χ4v) is 4.72. The number of nitrogens with one attached hydrogen (secondary N) is 1. The Morgan fingerprint density at radius 1 is 1.11 bits per heavy atom. The van der Waals surface area contributed by atoms with Crippen LogP contribution in [0.2, 0.25) is 0 Å². The Kier molecular flexibility index (Phi) is 4.41. The highest BCUT2D eigenvalue weighted by Crippen LogP contribution is 2.31. The lowest BCUT2D eigenvalue weighted by Crippen LogP contribution is -2.52. The van der Waals surface area contributed by atoms with Crippen LogP contribution in [0.1, 0.15) is 25.3 Å². The zero-order chi connectivity index (χ0) is 19.2. The van der Waals surface area contributed by atoms with Gasteiger partial charge in [-0.25, -0.2) is 8.42 Å². The van der Waals surface area contributed by atoms with Crippen LogP contribution in [-0.4, -0.2) is 68.1 Å². The molecule has 27 heavy (non-hydrogen) atoms. The highest BCUT2D eigenvalue weighted by molar-refractivity contribution is 7.90. The molecule has 1 atom stereocenters. The third-order valence-electron chi connectivity index (χ3n) is 5.17. The molecule has 1 saturated carbocycles. The lowest BCUT2D eigenvalue weighted by molar-refractivity contribution is -0.140. The van der Waals surface area contributed by atoms with E-state index < -0.39 is 16.1 Å². The van der Waals surface area contributed by atoms with Crippen LogP contribution in [0.3, 0.4) is 0 Å². The minimum Gasteiger partial charge on any atom is -0.339 e. The molecule has 9 heteroatoms. The van der Waals surface area contributed by atoms with Crippen LogP contribution in [0, 0.1) is 5.92 Å². The van der Waals surface area contributed by atoms with Crippen LogP contribution in [-0.2, 0) is 19.6 Å². The molecule has 144 valence electrons. The van der Waals surface area contributed by atoms with Crippen molar-refractivity contribution in [2.45, 2.75) is 30.7 Å². The van der Waals surface area contributed by atoms with Gasteiger partial charge < -0.3 is 9.80 Å². The Morgan fingerprint density at radius 2 is 1.74 bits per heavy atom. The number of amidine groups is 1. The van der Waals surface area contributed by atoms with E-state index in [4.69, 9.17) is 0 Å². The van der Waals surface area contributed by atoms with Crippen molar-refractivity contribution >= 4 is 27.7 Å². The number of hydrogen-bond acceptors (Lipinski definition) is 5. The quantitative estimate of drug-likeness (QED) is 0.797. The summed E-state index contributed by atoms with van der Waals surface area (Å²) in [5, 5.41) is 0. The Bertz CT molecular complexity index is 915. The standard InChI is InChI=1S/C18H22N4O4S/c1-12(19-16-14-4-2-3-5-15(14)27(25,26)20-16)17(23)21-8-10-22(11-9-21)18(24)13-6-7-13/h2-5,12-13H,6-11H2,1H3,(H,19,20)/t12-/m0/s1. The lowest BCUT2D eigenvalue weighted by Gasteiger charge is -2.35. The van der Waals surface area contributed by atoms with Crippen LogP contribution in [0.4, 0.5) is 0 Å². The monoisotopic (exact) mass is 390 g/mol. The van der Waals surface area contributed by atoms with Gasteiger partial charge in [0.1, 0.15) is 11.9 Å². The summed E-state index contributed by atoms with van der Waals surface area (Å²) in [6.07, 6.45) is 1.95. The van der Waals surface area contributed by atoms with Crippen molar-refractivity contribution in [3.05, 3.63) is 29.8 Å². The number of rotatable bonds is 3. The van der Waals surface area contributed by atoms with E-state index in [1.807, 2.05) is 4.90 Å². The summed E-state index contributed by atoms with van der Waals surface area (Å²) in [6.45, 7) is 3.70. The zero-order valence-electron chi connectivity index (χ0n) is 15.1. The van der Waals surface area contributed by atoms with E-state index in [0.717, 1.165) is 12.8 Å². The normalized spacial score (nSPS) is 23.7. The number of piperazine rings is 1. The van der Waals surface area contributed by atoms with Gasteiger partial charge >= 0.3 is 0 Å². The van der Waals surface area contributed by atoms with Crippen molar-refractivity contribution in [1.29, 1.82) is 0 Å². The van der Waals surface area contributed by atoms with Gasteiger partial charge in [-0.1, -0.05) is 12.1 Å². The van der Waals surface area contributed by atoms with E-state index in [0.29, 0.717) is 31.7 Å². The van der Waals surface area contributed by atoms with Crippen molar-refractivity contribution < 1.29 is 18.0 Å². The smallest absolute Gasteiger partial charge is 0.263 e. The molecule has 1 aliphatic carbocycles. The lowest BCUT2D eigenvalue weighted by atomic mass is 10.2. The molecule has 0 spiro atoms. The highest BCUT2D eigenvalue weighted by atomic mass is 32.2. The fraction of sp³-hybridized carbons (Fsp3) is 0.500. The second-order valence-electron chi connectivity index (χ2n) is 7.18. The first kappa shape index (κ1) is 18.0. The third kappa shape index (κ3) is 3.43.